The Morgan fingerprint density at radius 1 is 0.833 bits per heavy atom. The van der Waals surface area contributed by atoms with Gasteiger partial charge in [-0.05, 0) is 45.3 Å². The van der Waals surface area contributed by atoms with Crippen LogP contribution in [0.25, 0.3) is 0 Å². The monoisotopic (exact) mass is 260 g/mol. The van der Waals surface area contributed by atoms with Crippen LogP contribution in [0.4, 0.5) is 0 Å². The molecule has 0 aliphatic heterocycles. The molecular weight excluding hydrogens is 228 g/mol. The minimum Gasteiger partial charge on any atom is -0.385 e. The molecule has 0 spiro atoms. The molecular formula is C14H32N2O2. The number of hydrogen-bond donors (Lipinski definition) is 1. The van der Waals surface area contributed by atoms with Gasteiger partial charge in [0.25, 0.3) is 0 Å². The SMILES string of the molecule is CCCNCCCCN(CCCOC)CCOC. The zero-order valence-corrected chi connectivity index (χ0v) is 12.5. The highest BCUT2D eigenvalue weighted by Gasteiger charge is 2.03. The molecule has 0 radical (unpaired) electrons. The van der Waals surface area contributed by atoms with Gasteiger partial charge in [0.1, 0.15) is 0 Å². The summed E-state index contributed by atoms with van der Waals surface area (Å²) in [5.41, 5.74) is 0. The molecule has 0 aromatic heterocycles. The molecule has 0 saturated carbocycles. The van der Waals surface area contributed by atoms with Crippen molar-refractivity contribution in [2.45, 2.75) is 32.6 Å². The first kappa shape index (κ1) is 17.8. The molecule has 0 bridgehead atoms. The van der Waals surface area contributed by atoms with Gasteiger partial charge < -0.3 is 19.7 Å². The first-order valence-electron chi connectivity index (χ1n) is 7.26. The van der Waals surface area contributed by atoms with Gasteiger partial charge >= 0.3 is 0 Å². The molecule has 0 amide bonds. The molecule has 0 saturated heterocycles. The predicted molar refractivity (Wildman–Crippen MR) is 77.2 cm³/mol. The van der Waals surface area contributed by atoms with Crippen LogP contribution in [0.1, 0.15) is 32.6 Å². The molecule has 4 heteroatoms. The second kappa shape index (κ2) is 14.9. The Morgan fingerprint density at radius 2 is 1.56 bits per heavy atom. The van der Waals surface area contributed by atoms with Crippen LogP contribution in [0.2, 0.25) is 0 Å². The van der Waals surface area contributed by atoms with E-state index in [0.717, 1.165) is 45.8 Å². The third kappa shape index (κ3) is 12.3. The molecule has 110 valence electrons. The van der Waals surface area contributed by atoms with Gasteiger partial charge in [0, 0.05) is 33.9 Å². The van der Waals surface area contributed by atoms with Crippen LogP contribution in [0, 0.1) is 0 Å². The Bertz CT molecular complexity index is 157. The number of nitrogens with one attached hydrogen (secondary N) is 1. The highest BCUT2D eigenvalue weighted by atomic mass is 16.5. The van der Waals surface area contributed by atoms with Crippen LogP contribution < -0.4 is 5.32 Å². The molecule has 1 N–H and O–H groups in total. The number of methoxy groups -OCH3 is 2. The Hall–Kier alpha value is -0.160. The van der Waals surface area contributed by atoms with Gasteiger partial charge in [-0.2, -0.15) is 0 Å². The molecule has 0 aliphatic carbocycles. The molecule has 0 unspecified atom stereocenters. The van der Waals surface area contributed by atoms with Gasteiger partial charge in [-0.1, -0.05) is 6.92 Å². The normalized spacial score (nSPS) is 11.3. The van der Waals surface area contributed by atoms with Crippen LogP contribution in [-0.4, -0.2) is 65.1 Å². The van der Waals surface area contributed by atoms with E-state index in [1.807, 2.05) is 0 Å². The molecule has 0 aliphatic rings. The van der Waals surface area contributed by atoms with Crippen molar-refractivity contribution < 1.29 is 9.47 Å². The van der Waals surface area contributed by atoms with E-state index in [0.29, 0.717) is 0 Å². The second-order valence-corrected chi connectivity index (χ2v) is 4.64. The average molecular weight is 260 g/mol. The van der Waals surface area contributed by atoms with Crippen molar-refractivity contribution in [1.82, 2.24) is 10.2 Å². The zero-order valence-electron chi connectivity index (χ0n) is 12.5. The smallest absolute Gasteiger partial charge is 0.0589 e. The summed E-state index contributed by atoms with van der Waals surface area (Å²) in [4.78, 5) is 2.47. The first-order chi connectivity index (χ1) is 8.85. The van der Waals surface area contributed by atoms with E-state index in [1.54, 1.807) is 14.2 Å². The molecule has 0 aromatic carbocycles. The second-order valence-electron chi connectivity index (χ2n) is 4.64. The van der Waals surface area contributed by atoms with Crippen LogP contribution in [-0.2, 0) is 9.47 Å². The molecule has 0 rings (SSSR count). The van der Waals surface area contributed by atoms with Crippen LogP contribution >= 0.6 is 0 Å². The molecule has 0 atom stereocenters. The van der Waals surface area contributed by atoms with Crippen molar-refractivity contribution in [2.24, 2.45) is 0 Å². The summed E-state index contributed by atoms with van der Waals surface area (Å²) in [6.07, 6.45) is 4.84. The van der Waals surface area contributed by atoms with Crippen molar-refractivity contribution in [1.29, 1.82) is 0 Å². The maximum Gasteiger partial charge on any atom is 0.0589 e. The van der Waals surface area contributed by atoms with E-state index in [2.05, 4.69) is 17.1 Å². The largest absolute Gasteiger partial charge is 0.385 e. The molecule has 18 heavy (non-hydrogen) atoms. The molecule has 4 nitrogen and oxygen atoms in total. The van der Waals surface area contributed by atoms with Gasteiger partial charge in [-0.3, -0.25) is 0 Å². The Morgan fingerprint density at radius 3 is 2.22 bits per heavy atom. The average Bonchev–Trinajstić information content (AvgIpc) is 2.39. The number of unbranched alkanes of at least 4 members (excludes halogenated alkanes) is 1. The quantitative estimate of drug-likeness (QED) is 0.483. The summed E-state index contributed by atoms with van der Waals surface area (Å²) < 4.78 is 10.3. The summed E-state index contributed by atoms with van der Waals surface area (Å²) in [6.45, 7) is 9.46. The van der Waals surface area contributed by atoms with Crippen molar-refractivity contribution in [2.75, 3.05) is 60.2 Å². The Balaban J connectivity index is 3.51. The minimum absolute atomic E-state index is 0.821. The van der Waals surface area contributed by atoms with Crippen molar-refractivity contribution in [3.8, 4) is 0 Å². The lowest BCUT2D eigenvalue weighted by molar-refractivity contribution is 0.131. The highest BCUT2D eigenvalue weighted by molar-refractivity contribution is 4.59. The van der Waals surface area contributed by atoms with E-state index >= 15 is 0 Å². The van der Waals surface area contributed by atoms with Gasteiger partial charge in [0.05, 0.1) is 6.61 Å². The summed E-state index contributed by atoms with van der Waals surface area (Å²) >= 11 is 0. The van der Waals surface area contributed by atoms with Crippen molar-refractivity contribution in [3.05, 3.63) is 0 Å². The van der Waals surface area contributed by atoms with Crippen molar-refractivity contribution in [3.63, 3.8) is 0 Å². The van der Waals surface area contributed by atoms with E-state index in [9.17, 15) is 0 Å². The molecule has 0 aromatic rings. The number of ether oxygens (including phenoxy) is 2. The third-order valence-corrected chi connectivity index (χ3v) is 2.94. The Kier molecular flexibility index (Phi) is 14.8. The maximum absolute atomic E-state index is 5.15. The van der Waals surface area contributed by atoms with Crippen LogP contribution in [0.5, 0.6) is 0 Å². The number of rotatable bonds is 14. The Labute approximate surface area is 113 Å². The van der Waals surface area contributed by atoms with Gasteiger partial charge in [0.2, 0.25) is 0 Å². The summed E-state index contributed by atoms with van der Waals surface area (Å²) in [5.74, 6) is 0. The maximum atomic E-state index is 5.15. The lowest BCUT2D eigenvalue weighted by Gasteiger charge is -2.21. The number of nitrogens with zero attached hydrogens (tertiary/aromatic N) is 1. The van der Waals surface area contributed by atoms with E-state index in [4.69, 9.17) is 9.47 Å². The van der Waals surface area contributed by atoms with Gasteiger partial charge in [-0.15, -0.1) is 0 Å². The zero-order chi connectivity index (χ0) is 13.5. The van der Waals surface area contributed by atoms with E-state index in [-0.39, 0.29) is 0 Å². The lowest BCUT2D eigenvalue weighted by Crippen LogP contribution is -2.30. The highest BCUT2D eigenvalue weighted by Crippen LogP contribution is 1.97. The summed E-state index contributed by atoms with van der Waals surface area (Å²) in [5, 5.41) is 3.44. The van der Waals surface area contributed by atoms with Gasteiger partial charge in [0.15, 0.2) is 0 Å². The lowest BCUT2D eigenvalue weighted by atomic mass is 10.2. The van der Waals surface area contributed by atoms with E-state index in [1.165, 1.54) is 25.8 Å². The first-order valence-corrected chi connectivity index (χ1v) is 7.26. The predicted octanol–water partition coefficient (Wildman–Crippen LogP) is 1.75. The van der Waals surface area contributed by atoms with Crippen molar-refractivity contribution >= 4 is 0 Å². The number of hydrogen-bond acceptors (Lipinski definition) is 4. The summed E-state index contributed by atoms with van der Waals surface area (Å²) in [6, 6.07) is 0. The van der Waals surface area contributed by atoms with E-state index < -0.39 is 0 Å². The standard InChI is InChI=1S/C14H32N2O2/c1-4-8-15-9-5-6-10-16(12-14-18-3)11-7-13-17-2/h15H,4-14H2,1-3H3. The summed E-state index contributed by atoms with van der Waals surface area (Å²) in [7, 11) is 3.53. The molecule has 0 heterocycles. The fraction of sp³-hybridized carbons (Fsp3) is 1.00. The fourth-order valence-electron chi connectivity index (χ4n) is 1.88. The third-order valence-electron chi connectivity index (χ3n) is 2.94. The fourth-order valence-corrected chi connectivity index (χ4v) is 1.88. The topological polar surface area (TPSA) is 33.7 Å². The van der Waals surface area contributed by atoms with Crippen LogP contribution in [0.15, 0.2) is 0 Å². The van der Waals surface area contributed by atoms with Gasteiger partial charge in [-0.25, -0.2) is 0 Å². The molecule has 0 fully saturated rings. The minimum atomic E-state index is 0.821. The van der Waals surface area contributed by atoms with Crippen LogP contribution in [0.3, 0.4) is 0 Å².